The second kappa shape index (κ2) is 5.26. The summed E-state index contributed by atoms with van der Waals surface area (Å²) in [5.41, 5.74) is 1.21. The molecule has 0 atom stereocenters. The lowest BCUT2D eigenvalue weighted by molar-refractivity contribution is -0.132. The lowest BCUT2D eigenvalue weighted by Crippen LogP contribution is -2.06. The molecule has 0 radical (unpaired) electrons. The molecular weight excluding hydrogens is 248 g/mol. The average molecular weight is 258 g/mol. The van der Waals surface area contributed by atoms with E-state index in [0.29, 0.717) is 11.4 Å². The van der Waals surface area contributed by atoms with Crippen LogP contribution in [0.1, 0.15) is 22.5 Å². The summed E-state index contributed by atoms with van der Waals surface area (Å²) in [5, 5.41) is 17.8. The zero-order valence-electron chi connectivity index (χ0n) is 9.78. The Labute approximate surface area is 108 Å². The van der Waals surface area contributed by atoms with Gasteiger partial charge in [0.1, 0.15) is 0 Å². The summed E-state index contributed by atoms with van der Waals surface area (Å²) in [5.74, 6) is -2.07. The van der Waals surface area contributed by atoms with E-state index < -0.39 is 11.9 Å². The Kier molecular flexibility index (Phi) is 3.51. The summed E-state index contributed by atoms with van der Waals surface area (Å²) in [6.45, 7) is 0. The lowest BCUT2D eigenvalue weighted by Gasteiger charge is -2.02. The molecular formula is C13H10N2O4. The molecule has 1 aromatic rings. The number of pyridine rings is 1. The number of hydrogen-bond acceptors (Lipinski definition) is 4. The highest BCUT2D eigenvalue weighted by atomic mass is 16.4. The van der Waals surface area contributed by atoms with E-state index in [1.807, 2.05) is 0 Å². The first-order valence-electron chi connectivity index (χ1n) is 5.44. The molecule has 1 aromatic heterocycles. The van der Waals surface area contributed by atoms with Gasteiger partial charge in [-0.15, -0.1) is 0 Å². The molecule has 2 N–H and O–H groups in total. The fourth-order valence-corrected chi connectivity index (χ4v) is 1.59. The normalized spacial score (nSPS) is 14.3. The molecule has 0 amide bonds. The van der Waals surface area contributed by atoms with Crippen LogP contribution in [-0.2, 0) is 4.79 Å². The van der Waals surface area contributed by atoms with Crippen LogP contribution in [0.4, 0.5) is 0 Å². The highest BCUT2D eigenvalue weighted by Crippen LogP contribution is 2.12. The van der Waals surface area contributed by atoms with Crippen molar-refractivity contribution < 1.29 is 19.8 Å². The third kappa shape index (κ3) is 2.92. The molecule has 0 spiro atoms. The van der Waals surface area contributed by atoms with Gasteiger partial charge >= 0.3 is 11.9 Å². The summed E-state index contributed by atoms with van der Waals surface area (Å²) in [6, 6.07) is 2.80. The monoisotopic (exact) mass is 258 g/mol. The summed E-state index contributed by atoms with van der Waals surface area (Å²) in [6.07, 6.45) is 5.94. The molecule has 0 saturated carbocycles. The van der Waals surface area contributed by atoms with Crippen molar-refractivity contribution in [1.29, 1.82) is 0 Å². The summed E-state index contributed by atoms with van der Waals surface area (Å²) >= 11 is 0. The largest absolute Gasteiger partial charge is 0.478 e. The van der Waals surface area contributed by atoms with Gasteiger partial charge in [0.25, 0.3) is 0 Å². The second-order valence-corrected chi connectivity index (χ2v) is 3.80. The van der Waals surface area contributed by atoms with Gasteiger partial charge in [-0.3, -0.25) is 9.98 Å². The van der Waals surface area contributed by atoms with E-state index in [9.17, 15) is 9.59 Å². The van der Waals surface area contributed by atoms with E-state index >= 15 is 0 Å². The molecule has 19 heavy (non-hydrogen) atoms. The Morgan fingerprint density at radius 2 is 2.00 bits per heavy atom. The summed E-state index contributed by atoms with van der Waals surface area (Å²) in [4.78, 5) is 29.8. The van der Waals surface area contributed by atoms with Crippen LogP contribution in [0, 0.1) is 0 Å². The number of aromatic carboxylic acids is 1. The van der Waals surface area contributed by atoms with Crippen LogP contribution in [0.5, 0.6) is 0 Å². The van der Waals surface area contributed by atoms with Gasteiger partial charge in [0.2, 0.25) is 0 Å². The first kappa shape index (κ1) is 12.7. The van der Waals surface area contributed by atoms with Crippen LogP contribution in [-0.4, -0.2) is 32.8 Å². The predicted molar refractivity (Wildman–Crippen MR) is 67.2 cm³/mol. The van der Waals surface area contributed by atoms with Gasteiger partial charge in [-0.25, -0.2) is 9.59 Å². The minimum Gasteiger partial charge on any atom is -0.478 e. The first-order valence-corrected chi connectivity index (χ1v) is 5.44. The van der Waals surface area contributed by atoms with Gasteiger partial charge in [0.05, 0.1) is 22.5 Å². The Bertz CT molecular complexity index is 629. The van der Waals surface area contributed by atoms with Gasteiger partial charge < -0.3 is 10.2 Å². The average Bonchev–Trinajstić information content (AvgIpc) is 2.64. The van der Waals surface area contributed by atoms with Gasteiger partial charge in [0, 0.05) is 18.8 Å². The molecule has 0 aliphatic carbocycles. The van der Waals surface area contributed by atoms with Crippen LogP contribution in [0.25, 0.3) is 0 Å². The zero-order valence-corrected chi connectivity index (χ0v) is 9.78. The molecule has 6 heteroatoms. The van der Waals surface area contributed by atoms with Gasteiger partial charge in [-0.05, 0) is 18.2 Å². The SMILES string of the molecule is O=C(O)C1=CCC(c2cc(C(=O)O)ccn2)=NC=C1. The van der Waals surface area contributed by atoms with Crippen molar-refractivity contribution in [2.24, 2.45) is 4.99 Å². The van der Waals surface area contributed by atoms with E-state index in [0.717, 1.165) is 0 Å². The van der Waals surface area contributed by atoms with Crippen molar-refractivity contribution in [1.82, 2.24) is 4.98 Å². The van der Waals surface area contributed by atoms with Crippen LogP contribution in [0.2, 0.25) is 0 Å². The molecule has 96 valence electrons. The molecule has 0 bridgehead atoms. The number of aliphatic carboxylic acids is 1. The summed E-state index contributed by atoms with van der Waals surface area (Å²) in [7, 11) is 0. The van der Waals surface area contributed by atoms with Crippen molar-refractivity contribution in [2.75, 3.05) is 0 Å². The number of carboxylic acids is 2. The molecule has 0 unspecified atom stereocenters. The third-order valence-corrected chi connectivity index (χ3v) is 2.55. The van der Waals surface area contributed by atoms with E-state index in [-0.39, 0.29) is 17.6 Å². The number of carboxylic acid groups (broad SMARTS) is 2. The maximum Gasteiger partial charge on any atom is 0.335 e. The Morgan fingerprint density at radius 1 is 1.21 bits per heavy atom. The molecule has 1 aliphatic heterocycles. The predicted octanol–water partition coefficient (Wildman–Crippen LogP) is 1.50. The van der Waals surface area contributed by atoms with Crippen LogP contribution in [0.15, 0.2) is 47.2 Å². The topological polar surface area (TPSA) is 99.8 Å². The molecule has 0 saturated heterocycles. The first-order chi connectivity index (χ1) is 9.08. The Balaban J connectivity index is 2.31. The van der Waals surface area contributed by atoms with E-state index in [2.05, 4.69) is 9.98 Å². The molecule has 2 rings (SSSR count). The van der Waals surface area contributed by atoms with Crippen molar-refractivity contribution >= 4 is 17.7 Å². The third-order valence-electron chi connectivity index (χ3n) is 2.55. The van der Waals surface area contributed by atoms with Crippen molar-refractivity contribution in [2.45, 2.75) is 6.42 Å². The van der Waals surface area contributed by atoms with Gasteiger partial charge in [-0.2, -0.15) is 0 Å². The van der Waals surface area contributed by atoms with Gasteiger partial charge in [-0.1, -0.05) is 6.08 Å². The molecule has 1 aliphatic rings. The molecule has 0 fully saturated rings. The number of allylic oxidation sites excluding steroid dienone is 1. The highest BCUT2D eigenvalue weighted by Gasteiger charge is 2.11. The van der Waals surface area contributed by atoms with Gasteiger partial charge in [0.15, 0.2) is 0 Å². The minimum atomic E-state index is -1.05. The number of rotatable bonds is 3. The van der Waals surface area contributed by atoms with Crippen molar-refractivity contribution in [3.63, 3.8) is 0 Å². The number of aromatic nitrogens is 1. The lowest BCUT2D eigenvalue weighted by atomic mass is 10.1. The smallest absolute Gasteiger partial charge is 0.335 e. The Hall–Kier alpha value is -2.76. The molecule has 2 heterocycles. The van der Waals surface area contributed by atoms with E-state index in [4.69, 9.17) is 10.2 Å². The number of aliphatic imine (C=N–C) groups is 1. The zero-order chi connectivity index (χ0) is 13.8. The maximum atomic E-state index is 10.9. The van der Waals surface area contributed by atoms with Crippen LogP contribution >= 0.6 is 0 Å². The number of hydrogen-bond donors (Lipinski definition) is 2. The second-order valence-electron chi connectivity index (χ2n) is 3.80. The Morgan fingerprint density at radius 3 is 2.68 bits per heavy atom. The maximum absolute atomic E-state index is 10.9. The number of nitrogens with zero attached hydrogens (tertiary/aromatic N) is 2. The fourth-order valence-electron chi connectivity index (χ4n) is 1.59. The van der Waals surface area contributed by atoms with E-state index in [1.165, 1.54) is 36.7 Å². The van der Waals surface area contributed by atoms with Crippen molar-refractivity contribution in [3.8, 4) is 0 Å². The van der Waals surface area contributed by atoms with Crippen molar-refractivity contribution in [3.05, 3.63) is 53.5 Å². The van der Waals surface area contributed by atoms with E-state index in [1.54, 1.807) is 0 Å². The molecule has 6 nitrogen and oxygen atoms in total. The fraction of sp³-hybridized carbons (Fsp3) is 0.0769. The molecule has 0 aromatic carbocycles. The standard InChI is InChI=1S/C13H10N2O4/c16-12(17)8-1-2-10(14-5-3-8)11-7-9(13(18)19)4-6-15-11/h1,3-7H,2H2,(H,16,17)(H,18,19). The van der Waals surface area contributed by atoms with Crippen LogP contribution in [0.3, 0.4) is 0 Å². The van der Waals surface area contributed by atoms with Crippen LogP contribution < -0.4 is 0 Å². The highest BCUT2D eigenvalue weighted by molar-refractivity contribution is 6.03. The quantitative estimate of drug-likeness (QED) is 0.855. The minimum absolute atomic E-state index is 0.114. The number of carbonyl (C=O) groups is 2. The summed E-state index contributed by atoms with van der Waals surface area (Å²) < 4.78 is 0.